The van der Waals surface area contributed by atoms with E-state index >= 15 is 0 Å². The van der Waals surface area contributed by atoms with E-state index in [0.29, 0.717) is 0 Å². The third kappa shape index (κ3) is 4.89. The van der Waals surface area contributed by atoms with Crippen molar-refractivity contribution in [3.05, 3.63) is 0 Å². The number of aliphatic hydroxyl groups is 1. The molecule has 0 aromatic heterocycles. The minimum atomic E-state index is -1.14. The number of amides is 2. The van der Waals surface area contributed by atoms with Gasteiger partial charge in [0.1, 0.15) is 6.04 Å². The third-order valence-corrected chi connectivity index (χ3v) is 2.98. The minimum Gasteiger partial charge on any atom is -0.480 e. The van der Waals surface area contributed by atoms with Crippen LogP contribution in [0.15, 0.2) is 0 Å². The topological polar surface area (TPSA) is 102 Å². The number of aliphatic carboxylic acids is 1. The smallest absolute Gasteiger partial charge is 0.326 e. The lowest BCUT2D eigenvalue weighted by molar-refractivity contribution is -0.139. The summed E-state index contributed by atoms with van der Waals surface area (Å²) in [5, 5.41) is 22.7. The molecule has 0 bridgehead atoms. The lowest BCUT2D eigenvalue weighted by Gasteiger charge is -2.30. The van der Waals surface area contributed by atoms with Gasteiger partial charge in [0.25, 0.3) is 0 Å². The zero-order valence-electron chi connectivity index (χ0n) is 10.6. The predicted octanol–water partition coefficient (Wildman–Crippen LogP) is -0.785. The van der Waals surface area contributed by atoms with Gasteiger partial charge in [-0.2, -0.15) is 0 Å². The maximum absolute atomic E-state index is 11.6. The number of piperidine rings is 1. The first-order valence-corrected chi connectivity index (χ1v) is 6.12. The molecule has 0 spiro atoms. The van der Waals surface area contributed by atoms with E-state index in [1.54, 1.807) is 0 Å². The summed E-state index contributed by atoms with van der Waals surface area (Å²) in [7, 11) is 1.98. The van der Waals surface area contributed by atoms with Crippen molar-refractivity contribution in [2.75, 3.05) is 26.7 Å². The van der Waals surface area contributed by atoms with Crippen molar-refractivity contribution >= 4 is 12.0 Å². The standard InChI is InChI=1S/C11H21N3O4/c1-14-5-2-3-8(7-14)12-11(18)13-9(4-6-15)10(16)17/h8-9,15H,2-7H2,1H3,(H,16,17)(H2,12,13,18)/t8?,9-/m1/s1. The molecule has 1 aliphatic rings. The summed E-state index contributed by atoms with van der Waals surface area (Å²) in [6.07, 6.45) is 1.92. The highest BCUT2D eigenvalue weighted by atomic mass is 16.4. The molecule has 1 heterocycles. The van der Waals surface area contributed by atoms with Crippen LogP contribution in [0, 0.1) is 0 Å². The summed E-state index contributed by atoms with van der Waals surface area (Å²) < 4.78 is 0. The first kappa shape index (κ1) is 14.7. The van der Waals surface area contributed by atoms with E-state index < -0.39 is 18.0 Å². The lowest BCUT2D eigenvalue weighted by atomic mass is 10.1. The van der Waals surface area contributed by atoms with Crippen LogP contribution in [0.3, 0.4) is 0 Å². The third-order valence-electron chi connectivity index (χ3n) is 2.98. The number of hydrogen-bond donors (Lipinski definition) is 4. The maximum Gasteiger partial charge on any atom is 0.326 e. The molecule has 7 nitrogen and oxygen atoms in total. The number of likely N-dealkylation sites (N-methyl/N-ethyl adjacent to an activating group) is 1. The van der Waals surface area contributed by atoms with Crippen molar-refractivity contribution < 1.29 is 19.8 Å². The van der Waals surface area contributed by atoms with E-state index in [2.05, 4.69) is 15.5 Å². The van der Waals surface area contributed by atoms with Gasteiger partial charge >= 0.3 is 12.0 Å². The highest BCUT2D eigenvalue weighted by Gasteiger charge is 2.22. The van der Waals surface area contributed by atoms with Crippen molar-refractivity contribution in [3.63, 3.8) is 0 Å². The zero-order valence-corrected chi connectivity index (χ0v) is 10.6. The molecule has 0 aromatic rings. The molecule has 1 aliphatic heterocycles. The normalized spacial score (nSPS) is 22.2. The van der Waals surface area contributed by atoms with Gasteiger partial charge in [0.2, 0.25) is 0 Å². The molecule has 104 valence electrons. The fourth-order valence-corrected chi connectivity index (χ4v) is 2.06. The van der Waals surface area contributed by atoms with Gasteiger partial charge in [-0.1, -0.05) is 0 Å². The van der Waals surface area contributed by atoms with Crippen molar-refractivity contribution in [2.24, 2.45) is 0 Å². The Morgan fingerprint density at radius 3 is 2.78 bits per heavy atom. The average Bonchev–Trinajstić information content (AvgIpc) is 2.28. The average molecular weight is 259 g/mol. The minimum absolute atomic E-state index is 0.00726. The number of carboxylic acid groups (broad SMARTS) is 1. The highest BCUT2D eigenvalue weighted by molar-refractivity contribution is 5.82. The molecule has 4 N–H and O–H groups in total. The summed E-state index contributed by atoms with van der Waals surface area (Å²) in [6.45, 7) is 1.51. The predicted molar refractivity (Wildman–Crippen MR) is 65.3 cm³/mol. The first-order chi connectivity index (χ1) is 8.52. The fourth-order valence-electron chi connectivity index (χ4n) is 2.06. The quantitative estimate of drug-likeness (QED) is 0.518. The molecule has 2 atom stereocenters. The molecule has 7 heteroatoms. The van der Waals surface area contributed by atoms with Crippen LogP contribution in [0.5, 0.6) is 0 Å². The Morgan fingerprint density at radius 1 is 1.50 bits per heavy atom. The molecule has 18 heavy (non-hydrogen) atoms. The number of urea groups is 1. The SMILES string of the molecule is CN1CCCC(NC(=O)N[C@H](CCO)C(=O)O)C1. The number of likely N-dealkylation sites (tertiary alicyclic amines) is 1. The summed E-state index contributed by atoms with van der Waals surface area (Å²) in [5.74, 6) is -1.14. The molecule has 0 aromatic carbocycles. The van der Waals surface area contributed by atoms with Crippen LogP contribution in [0.25, 0.3) is 0 Å². The molecule has 0 radical (unpaired) electrons. The number of hydrogen-bond acceptors (Lipinski definition) is 4. The Morgan fingerprint density at radius 2 is 2.22 bits per heavy atom. The molecule has 0 saturated carbocycles. The second kappa shape index (κ2) is 7.17. The Kier molecular flexibility index (Phi) is 5.87. The monoisotopic (exact) mass is 259 g/mol. The molecular formula is C11H21N3O4. The summed E-state index contributed by atoms with van der Waals surface area (Å²) in [5.41, 5.74) is 0. The Bertz CT molecular complexity index is 298. The van der Waals surface area contributed by atoms with Gasteiger partial charge in [0.05, 0.1) is 0 Å². The van der Waals surface area contributed by atoms with Gasteiger partial charge in [-0.05, 0) is 26.4 Å². The molecule has 1 rings (SSSR count). The summed E-state index contributed by atoms with van der Waals surface area (Å²) in [4.78, 5) is 24.6. The van der Waals surface area contributed by atoms with Crippen molar-refractivity contribution in [2.45, 2.75) is 31.3 Å². The summed E-state index contributed by atoms with van der Waals surface area (Å²) >= 11 is 0. The number of rotatable bonds is 5. The maximum atomic E-state index is 11.6. The molecule has 0 aliphatic carbocycles. The van der Waals surface area contributed by atoms with E-state index in [1.807, 2.05) is 7.05 Å². The molecule has 1 fully saturated rings. The van der Waals surface area contributed by atoms with Gasteiger partial charge in [-0.15, -0.1) is 0 Å². The fraction of sp³-hybridized carbons (Fsp3) is 0.818. The number of carboxylic acids is 1. The molecular weight excluding hydrogens is 238 g/mol. The Hall–Kier alpha value is -1.34. The Labute approximate surface area is 106 Å². The van der Waals surface area contributed by atoms with Crippen LogP contribution < -0.4 is 10.6 Å². The lowest BCUT2D eigenvalue weighted by Crippen LogP contribution is -2.53. The number of aliphatic hydroxyl groups excluding tert-OH is 1. The second-order valence-electron chi connectivity index (χ2n) is 4.62. The number of nitrogens with one attached hydrogen (secondary N) is 2. The van der Waals surface area contributed by atoms with Gasteiger partial charge in [-0.25, -0.2) is 9.59 Å². The Balaban J connectivity index is 2.37. The van der Waals surface area contributed by atoms with Crippen LogP contribution in [-0.2, 0) is 4.79 Å². The number of carbonyl (C=O) groups excluding carboxylic acids is 1. The summed E-state index contributed by atoms with van der Waals surface area (Å²) in [6, 6.07) is -1.49. The zero-order chi connectivity index (χ0) is 13.5. The first-order valence-electron chi connectivity index (χ1n) is 6.12. The van der Waals surface area contributed by atoms with Gasteiger partial charge < -0.3 is 25.7 Å². The van der Waals surface area contributed by atoms with E-state index in [-0.39, 0.29) is 19.1 Å². The van der Waals surface area contributed by atoms with Crippen LogP contribution in [0.1, 0.15) is 19.3 Å². The highest BCUT2D eigenvalue weighted by Crippen LogP contribution is 2.07. The molecule has 1 saturated heterocycles. The van der Waals surface area contributed by atoms with Crippen LogP contribution in [-0.4, -0.2) is 65.9 Å². The molecule has 1 unspecified atom stereocenters. The van der Waals surface area contributed by atoms with Crippen LogP contribution in [0.2, 0.25) is 0 Å². The van der Waals surface area contributed by atoms with E-state index in [1.165, 1.54) is 0 Å². The second-order valence-corrected chi connectivity index (χ2v) is 4.62. The van der Waals surface area contributed by atoms with Gasteiger partial charge in [0.15, 0.2) is 0 Å². The number of nitrogens with zero attached hydrogens (tertiary/aromatic N) is 1. The van der Waals surface area contributed by atoms with Crippen molar-refractivity contribution in [3.8, 4) is 0 Å². The van der Waals surface area contributed by atoms with Crippen LogP contribution >= 0.6 is 0 Å². The van der Waals surface area contributed by atoms with E-state index in [0.717, 1.165) is 25.9 Å². The largest absolute Gasteiger partial charge is 0.480 e. The van der Waals surface area contributed by atoms with E-state index in [4.69, 9.17) is 10.2 Å². The van der Waals surface area contributed by atoms with E-state index in [9.17, 15) is 9.59 Å². The van der Waals surface area contributed by atoms with Crippen LogP contribution in [0.4, 0.5) is 4.79 Å². The number of carbonyl (C=O) groups is 2. The van der Waals surface area contributed by atoms with Crippen molar-refractivity contribution in [1.82, 2.24) is 15.5 Å². The van der Waals surface area contributed by atoms with Gasteiger partial charge in [-0.3, -0.25) is 0 Å². The van der Waals surface area contributed by atoms with Crippen molar-refractivity contribution in [1.29, 1.82) is 0 Å². The molecule has 2 amide bonds. The van der Waals surface area contributed by atoms with Gasteiger partial charge in [0, 0.05) is 25.6 Å².